The zero-order chi connectivity index (χ0) is 25.6. The highest BCUT2D eigenvalue weighted by Crippen LogP contribution is 2.33. The number of hydrogen-bond acceptors (Lipinski definition) is 4. The van der Waals surface area contributed by atoms with Gasteiger partial charge in [-0.2, -0.15) is 0 Å². The van der Waals surface area contributed by atoms with Crippen LogP contribution in [0.5, 0.6) is 5.75 Å². The number of carbonyl (C=O) groups is 1. The van der Waals surface area contributed by atoms with Crippen LogP contribution in [0.25, 0.3) is 0 Å². The third-order valence-corrected chi connectivity index (χ3v) is 7.67. The van der Waals surface area contributed by atoms with E-state index in [0.29, 0.717) is 24.5 Å². The number of anilines is 1. The highest BCUT2D eigenvalue weighted by Gasteiger charge is 2.31. The fraction of sp³-hybridized carbons (Fsp3) is 0.321. The van der Waals surface area contributed by atoms with Crippen molar-refractivity contribution in [2.24, 2.45) is 0 Å². The minimum Gasteiger partial charge on any atom is -0.495 e. The number of methoxy groups -OCH3 is 1. The van der Waals surface area contributed by atoms with Crippen LogP contribution in [0, 0.1) is 0 Å². The number of carbonyl (C=O) groups excluding carboxylic acids is 1. The molecule has 0 heterocycles. The number of benzene rings is 3. The highest BCUT2D eigenvalue weighted by atomic mass is 32.2. The lowest BCUT2D eigenvalue weighted by Crippen LogP contribution is -2.43. The van der Waals surface area contributed by atoms with Gasteiger partial charge in [0.15, 0.2) is 0 Å². The van der Waals surface area contributed by atoms with Crippen molar-refractivity contribution in [3.05, 3.63) is 90.0 Å². The van der Waals surface area contributed by atoms with Gasteiger partial charge < -0.3 is 9.64 Å². The molecule has 0 unspecified atom stereocenters. The summed E-state index contributed by atoms with van der Waals surface area (Å²) >= 11 is 0. The first-order valence-electron chi connectivity index (χ1n) is 11.7. The van der Waals surface area contributed by atoms with Crippen molar-refractivity contribution in [2.45, 2.75) is 44.6 Å². The van der Waals surface area contributed by atoms with Crippen LogP contribution in [-0.2, 0) is 26.8 Å². The average molecular weight is 495 g/mol. The number of hydrogen-bond donors (Lipinski definition) is 0. The van der Waals surface area contributed by atoms with Gasteiger partial charge in [-0.1, -0.05) is 75.4 Å². The predicted octanol–water partition coefficient (Wildman–Crippen LogP) is 5.24. The van der Waals surface area contributed by atoms with E-state index in [0.717, 1.165) is 15.4 Å². The Morgan fingerprint density at radius 1 is 0.886 bits per heavy atom. The molecule has 0 aliphatic heterocycles. The maximum absolute atomic E-state index is 13.9. The summed E-state index contributed by atoms with van der Waals surface area (Å²) in [6.45, 7) is 8.61. The quantitative estimate of drug-likeness (QED) is 0.408. The van der Waals surface area contributed by atoms with E-state index in [1.165, 1.54) is 7.11 Å². The molecule has 3 aromatic carbocycles. The molecule has 0 bridgehead atoms. The summed E-state index contributed by atoms with van der Waals surface area (Å²) < 4.78 is 34.3. The second kappa shape index (κ2) is 11.0. The number of nitrogens with zero attached hydrogens (tertiary/aromatic N) is 2. The highest BCUT2D eigenvalue weighted by molar-refractivity contribution is 7.92. The molecule has 0 aliphatic rings. The Labute approximate surface area is 209 Å². The molecule has 6 nitrogen and oxygen atoms in total. The molecule has 1 amide bonds. The number of ether oxygens (including phenoxy) is 1. The van der Waals surface area contributed by atoms with Crippen molar-refractivity contribution < 1.29 is 17.9 Å². The van der Waals surface area contributed by atoms with Crippen molar-refractivity contribution in [1.82, 2.24) is 4.90 Å². The van der Waals surface area contributed by atoms with E-state index in [1.807, 2.05) is 49.4 Å². The van der Waals surface area contributed by atoms with E-state index in [-0.39, 0.29) is 22.8 Å². The third-order valence-electron chi connectivity index (χ3n) is 5.89. The van der Waals surface area contributed by atoms with Gasteiger partial charge in [0, 0.05) is 13.1 Å². The topological polar surface area (TPSA) is 66.9 Å². The van der Waals surface area contributed by atoms with Crippen molar-refractivity contribution >= 4 is 21.6 Å². The molecule has 3 aromatic rings. The number of para-hydroxylation sites is 2. The molecule has 0 fully saturated rings. The van der Waals surface area contributed by atoms with Crippen LogP contribution in [0.15, 0.2) is 83.8 Å². The number of sulfonamides is 1. The number of rotatable bonds is 9. The van der Waals surface area contributed by atoms with Crippen LogP contribution in [-0.4, -0.2) is 39.4 Å². The van der Waals surface area contributed by atoms with E-state index in [9.17, 15) is 13.2 Å². The van der Waals surface area contributed by atoms with Gasteiger partial charge in [-0.3, -0.25) is 9.10 Å². The molecule has 0 spiro atoms. The summed E-state index contributed by atoms with van der Waals surface area (Å²) in [6.07, 6.45) is 0. The Bertz CT molecular complexity index is 1230. The third kappa shape index (κ3) is 6.22. The van der Waals surface area contributed by atoms with E-state index >= 15 is 0 Å². The maximum atomic E-state index is 13.9. The molecule has 7 heteroatoms. The van der Waals surface area contributed by atoms with E-state index in [4.69, 9.17) is 4.74 Å². The second-order valence-electron chi connectivity index (χ2n) is 9.35. The monoisotopic (exact) mass is 494 g/mol. The molecule has 35 heavy (non-hydrogen) atoms. The van der Waals surface area contributed by atoms with Gasteiger partial charge in [0.25, 0.3) is 10.0 Å². The van der Waals surface area contributed by atoms with Gasteiger partial charge >= 0.3 is 0 Å². The first kappa shape index (κ1) is 26.3. The van der Waals surface area contributed by atoms with Crippen LogP contribution in [0.1, 0.15) is 38.8 Å². The van der Waals surface area contributed by atoms with Crippen molar-refractivity contribution in [2.75, 3.05) is 24.5 Å². The van der Waals surface area contributed by atoms with E-state index in [2.05, 4.69) is 20.8 Å². The molecular formula is C28H34N2O4S. The van der Waals surface area contributed by atoms with Crippen LogP contribution < -0.4 is 9.04 Å². The summed E-state index contributed by atoms with van der Waals surface area (Å²) in [5.41, 5.74) is 2.21. The summed E-state index contributed by atoms with van der Waals surface area (Å²) in [5, 5.41) is 0. The van der Waals surface area contributed by atoms with Gasteiger partial charge in [-0.15, -0.1) is 0 Å². The van der Waals surface area contributed by atoms with Gasteiger partial charge in [-0.25, -0.2) is 8.42 Å². The zero-order valence-corrected chi connectivity index (χ0v) is 21.9. The van der Waals surface area contributed by atoms with Gasteiger partial charge in [-0.05, 0) is 47.7 Å². The van der Waals surface area contributed by atoms with Gasteiger partial charge in [0.05, 0.1) is 17.7 Å². The summed E-state index contributed by atoms with van der Waals surface area (Å²) in [4.78, 5) is 15.2. The summed E-state index contributed by atoms with van der Waals surface area (Å²) in [5.74, 6) is 0.0819. The molecule has 0 N–H and O–H groups in total. The Morgan fingerprint density at radius 2 is 1.49 bits per heavy atom. The lowest BCUT2D eigenvalue weighted by Gasteiger charge is -2.29. The fourth-order valence-corrected chi connectivity index (χ4v) is 5.22. The molecule has 0 radical (unpaired) electrons. The number of amides is 1. The molecule has 0 aromatic heterocycles. The molecule has 0 aliphatic carbocycles. The van der Waals surface area contributed by atoms with Crippen LogP contribution in [0.3, 0.4) is 0 Å². The Balaban J connectivity index is 2.00. The van der Waals surface area contributed by atoms with Crippen LogP contribution in [0.2, 0.25) is 0 Å². The average Bonchev–Trinajstić information content (AvgIpc) is 2.85. The lowest BCUT2D eigenvalue weighted by molar-refractivity contribution is -0.129. The predicted molar refractivity (Wildman–Crippen MR) is 140 cm³/mol. The first-order chi connectivity index (χ1) is 16.6. The molecule has 0 atom stereocenters. The Morgan fingerprint density at radius 3 is 2.06 bits per heavy atom. The van der Waals surface area contributed by atoms with Crippen LogP contribution in [0.4, 0.5) is 5.69 Å². The van der Waals surface area contributed by atoms with Crippen molar-refractivity contribution in [1.29, 1.82) is 0 Å². The second-order valence-corrected chi connectivity index (χ2v) is 11.2. The lowest BCUT2D eigenvalue weighted by atomic mass is 9.87. The maximum Gasteiger partial charge on any atom is 0.264 e. The minimum atomic E-state index is -4.05. The largest absolute Gasteiger partial charge is 0.495 e. The standard InChI is InChI=1S/C28H34N2O4S/c1-6-29(20-22-12-8-7-9-13-22)27(31)21-30(25-14-10-11-15-26(25)34-5)35(32,33)24-18-16-23(17-19-24)28(2,3)4/h7-19H,6,20-21H2,1-5H3. The molecule has 3 rings (SSSR count). The first-order valence-corrected chi connectivity index (χ1v) is 13.1. The minimum absolute atomic E-state index is 0.111. The Kier molecular flexibility index (Phi) is 8.22. The fourth-order valence-electron chi connectivity index (χ4n) is 3.79. The SMILES string of the molecule is CCN(Cc1ccccc1)C(=O)CN(c1ccccc1OC)S(=O)(=O)c1ccc(C(C)(C)C)cc1. The molecule has 0 saturated carbocycles. The summed E-state index contributed by atoms with van der Waals surface area (Å²) in [7, 11) is -2.57. The van der Waals surface area contributed by atoms with Gasteiger partial charge in [0.2, 0.25) is 5.91 Å². The molecular weight excluding hydrogens is 460 g/mol. The van der Waals surface area contributed by atoms with Crippen molar-refractivity contribution in [3.8, 4) is 5.75 Å². The smallest absolute Gasteiger partial charge is 0.264 e. The molecule has 0 saturated heterocycles. The Hall–Kier alpha value is -3.32. The van der Waals surface area contributed by atoms with Gasteiger partial charge in [0.1, 0.15) is 12.3 Å². The zero-order valence-electron chi connectivity index (χ0n) is 21.1. The molecule has 186 valence electrons. The van der Waals surface area contributed by atoms with E-state index in [1.54, 1.807) is 41.3 Å². The van der Waals surface area contributed by atoms with Crippen LogP contribution >= 0.6 is 0 Å². The normalized spacial score (nSPS) is 11.7. The summed E-state index contributed by atoms with van der Waals surface area (Å²) in [6, 6.07) is 23.3. The van der Waals surface area contributed by atoms with E-state index < -0.39 is 10.0 Å². The van der Waals surface area contributed by atoms with Crippen molar-refractivity contribution in [3.63, 3.8) is 0 Å². The number of likely N-dealkylation sites (N-methyl/N-ethyl adjacent to an activating group) is 1.